The van der Waals surface area contributed by atoms with Gasteiger partial charge in [-0.05, 0) is 32.0 Å². The molecular weight excluding hydrogens is 332 g/mol. The molecule has 0 aliphatic heterocycles. The number of halogens is 1. The first kappa shape index (κ1) is 17.7. The summed E-state index contributed by atoms with van der Waals surface area (Å²) < 4.78 is 5.68. The van der Waals surface area contributed by atoms with Gasteiger partial charge in [-0.3, -0.25) is 14.9 Å². The number of nitro benzene ring substituents is 1. The number of carbonyl (C=O) groups excluding carboxylic acids is 1. The van der Waals surface area contributed by atoms with Crippen molar-refractivity contribution in [1.29, 1.82) is 0 Å². The van der Waals surface area contributed by atoms with Gasteiger partial charge >= 0.3 is 0 Å². The van der Waals surface area contributed by atoms with E-state index >= 15 is 0 Å². The minimum Gasteiger partial charge on any atom is -0.489 e. The molecule has 0 aromatic heterocycles. The Balaban J connectivity index is 2.00. The van der Waals surface area contributed by atoms with Crippen molar-refractivity contribution in [2.75, 3.05) is 6.54 Å². The van der Waals surface area contributed by atoms with Crippen LogP contribution in [0.4, 0.5) is 5.69 Å². The van der Waals surface area contributed by atoms with Crippen LogP contribution >= 0.6 is 11.6 Å². The maximum absolute atomic E-state index is 12.2. The minimum absolute atomic E-state index is 0.0359. The van der Waals surface area contributed by atoms with E-state index in [9.17, 15) is 14.9 Å². The Morgan fingerprint density at radius 2 is 1.96 bits per heavy atom. The van der Waals surface area contributed by atoms with Gasteiger partial charge in [0.1, 0.15) is 17.4 Å². The third-order valence-corrected chi connectivity index (χ3v) is 3.64. The number of ether oxygens (including phenoxy) is 1. The summed E-state index contributed by atoms with van der Waals surface area (Å²) in [6, 6.07) is 11.6. The number of hydrogen-bond donors (Lipinski definition) is 1. The molecular formula is C17H17ClN2O4. The lowest BCUT2D eigenvalue weighted by Crippen LogP contribution is -2.34. The highest BCUT2D eigenvalue weighted by Gasteiger charge is 2.23. The van der Waals surface area contributed by atoms with Crippen LogP contribution in [0.2, 0.25) is 5.02 Å². The van der Waals surface area contributed by atoms with Gasteiger partial charge in [0.05, 0.1) is 16.5 Å². The molecule has 0 saturated heterocycles. The van der Waals surface area contributed by atoms with Gasteiger partial charge in [0.15, 0.2) is 0 Å². The van der Waals surface area contributed by atoms with Crippen molar-refractivity contribution >= 4 is 23.2 Å². The van der Waals surface area contributed by atoms with Crippen LogP contribution in [0.1, 0.15) is 22.8 Å². The molecule has 1 amide bonds. The van der Waals surface area contributed by atoms with E-state index in [1.54, 1.807) is 6.92 Å². The number of nitro groups is 1. The highest BCUT2D eigenvalue weighted by atomic mass is 35.5. The Morgan fingerprint density at radius 3 is 2.58 bits per heavy atom. The summed E-state index contributed by atoms with van der Waals surface area (Å²) in [5.41, 5.74) is 0.646. The molecule has 0 aliphatic carbocycles. The number of aryl methyl sites for hydroxylation is 1. The zero-order valence-corrected chi connectivity index (χ0v) is 14.0. The molecule has 0 radical (unpaired) electrons. The molecule has 0 aliphatic rings. The third-order valence-electron chi connectivity index (χ3n) is 3.32. The third kappa shape index (κ3) is 4.45. The zero-order valence-electron chi connectivity index (χ0n) is 13.3. The zero-order chi connectivity index (χ0) is 17.7. The lowest BCUT2D eigenvalue weighted by atomic mass is 10.1. The predicted molar refractivity (Wildman–Crippen MR) is 91.7 cm³/mol. The molecule has 1 atom stereocenters. The molecule has 0 heterocycles. The molecule has 1 N–H and O–H groups in total. The van der Waals surface area contributed by atoms with E-state index in [1.807, 2.05) is 31.2 Å². The molecule has 0 bridgehead atoms. The number of benzene rings is 2. The number of carbonyl (C=O) groups is 1. The first-order chi connectivity index (χ1) is 11.4. The second kappa shape index (κ2) is 7.79. The van der Waals surface area contributed by atoms with Gasteiger partial charge < -0.3 is 10.1 Å². The Labute approximate surface area is 144 Å². The van der Waals surface area contributed by atoms with E-state index in [1.165, 1.54) is 18.2 Å². The van der Waals surface area contributed by atoms with Crippen LogP contribution < -0.4 is 10.1 Å². The van der Waals surface area contributed by atoms with Gasteiger partial charge in [-0.25, -0.2) is 0 Å². The largest absolute Gasteiger partial charge is 0.489 e. The van der Waals surface area contributed by atoms with E-state index < -0.39 is 10.8 Å². The highest BCUT2D eigenvalue weighted by molar-refractivity contribution is 6.34. The number of nitrogens with one attached hydrogen (secondary N) is 1. The molecule has 2 rings (SSSR count). The van der Waals surface area contributed by atoms with Crippen molar-refractivity contribution in [2.24, 2.45) is 0 Å². The smallest absolute Gasteiger partial charge is 0.283 e. The lowest BCUT2D eigenvalue weighted by molar-refractivity contribution is -0.385. The number of rotatable bonds is 6. The average Bonchev–Trinajstić information content (AvgIpc) is 2.54. The van der Waals surface area contributed by atoms with Crippen LogP contribution in [0.3, 0.4) is 0 Å². The number of amides is 1. The minimum atomic E-state index is -0.632. The number of nitrogens with zero attached hydrogens (tertiary/aromatic N) is 1. The van der Waals surface area contributed by atoms with Crippen LogP contribution in [0.15, 0.2) is 42.5 Å². The fraction of sp³-hybridized carbons (Fsp3) is 0.235. The molecule has 126 valence electrons. The molecule has 6 nitrogen and oxygen atoms in total. The molecule has 2 aromatic carbocycles. The summed E-state index contributed by atoms with van der Waals surface area (Å²) in [6.45, 7) is 3.96. The first-order valence-electron chi connectivity index (χ1n) is 7.33. The molecule has 0 fully saturated rings. The standard InChI is InChI=1S/C17H17ClN2O4/c1-11-6-8-13(9-7-11)24-12(2)10-19-17(21)16-14(18)4-3-5-15(16)20(22)23/h3-9,12H,10H2,1-2H3,(H,19,21)/t12-/m1/s1. The van der Waals surface area contributed by atoms with E-state index in [2.05, 4.69) is 5.32 Å². The van der Waals surface area contributed by atoms with Crippen LogP contribution in [-0.4, -0.2) is 23.5 Å². The summed E-state index contributed by atoms with van der Waals surface area (Å²) in [7, 11) is 0. The van der Waals surface area contributed by atoms with Crippen LogP contribution in [0.25, 0.3) is 0 Å². The van der Waals surface area contributed by atoms with E-state index in [4.69, 9.17) is 16.3 Å². The summed E-state index contributed by atoms with van der Waals surface area (Å²) in [5.74, 6) is 0.0812. The Kier molecular flexibility index (Phi) is 5.76. The average molecular weight is 349 g/mol. The van der Waals surface area contributed by atoms with Crippen molar-refractivity contribution in [2.45, 2.75) is 20.0 Å². The summed E-state index contributed by atoms with van der Waals surface area (Å²) in [5, 5.41) is 13.7. The van der Waals surface area contributed by atoms with Crippen LogP contribution in [0, 0.1) is 17.0 Å². The molecule has 0 unspecified atom stereocenters. The quantitative estimate of drug-likeness (QED) is 0.636. The Bertz CT molecular complexity index is 747. The molecule has 7 heteroatoms. The van der Waals surface area contributed by atoms with Crippen molar-refractivity contribution in [3.8, 4) is 5.75 Å². The van der Waals surface area contributed by atoms with Crippen LogP contribution in [0.5, 0.6) is 5.75 Å². The predicted octanol–water partition coefficient (Wildman–Crippen LogP) is 3.75. The van der Waals surface area contributed by atoms with E-state index in [0.717, 1.165) is 5.56 Å². The van der Waals surface area contributed by atoms with Gasteiger partial charge in [0, 0.05) is 6.07 Å². The van der Waals surface area contributed by atoms with Crippen LogP contribution in [-0.2, 0) is 0 Å². The Hall–Kier alpha value is -2.60. The maximum atomic E-state index is 12.2. The van der Waals surface area contributed by atoms with Gasteiger partial charge in [-0.2, -0.15) is 0 Å². The molecule has 24 heavy (non-hydrogen) atoms. The Morgan fingerprint density at radius 1 is 1.29 bits per heavy atom. The first-order valence-corrected chi connectivity index (χ1v) is 7.70. The number of hydrogen-bond acceptors (Lipinski definition) is 4. The maximum Gasteiger partial charge on any atom is 0.283 e. The van der Waals surface area contributed by atoms with Gasteiger partial charge in [0.2, 0.25) is 0 Å². The van der Waals surface area contributed by atoms with Crippen molar-refractivity contribution in [1.82, 2.24) is 5.32 Å². The topological polar surface area (TPSA) is 81.5 Å². The lowest BCUT2D eigenvalue weighted by Gasteiger charge is -2.16. The van der Waals surface area contributed by atoms with Gasteiger partial charge in [-0.1, -0.05) is 35.4 Å². The fourth-order valence-electron chi connectivity index (χ4n) is 2.11. The second-order valence-electron chi connectivity index (χ2n) is 5.34. The second-order valence-corrected chi connectivity index (χ2v) is 5.75. The van der Waals surface area contributed by atoms with Crippen molar-refractivity contribution in [3.05, 3.63) is 68.7 Å². The highest BCUT2D eigenvalue weighted by Crippen LogP contribution is 2.26. The van der Waals surface area contributed by atoms with Gasteiger partial charge in [-0.15, -0.1) is 0 Å². The van der Waals surface area contributed by atoms with Gasteiger partial charge in [0.25, 0.3) is 11.6 Å². The fourth-order valence-corrected chi connectivity index (χ4v) is 2.36. The van der Waals surface area contributed by atoms with E-state index in [-0.39, 0.29) is 28.9 Å². The summed E-state index contributed by atoms with van der Waals surface area (Å²) in [4.78, 5) is 22.6. The van der Waals surface area contributed by atoms with Crippen molar-refractivity contribution < 1.29 is 14.5 Å². The molecule has 0 saturated carbocycles. The summed E-state index contributed by atoms with van der Waals surface area (Å²) in [6.07, 6.45) is -0.307. The normalized spacial score (nSPS) is 11.6. The molecule has 0 spiro atoms. The summed E-state index contributed by atoms with van der Waals surface area (Å²) >= 11 is 5.93. The van der Waals surface area contributed by atoms with E-state index in [0.29, 0.717) is 5.75 Å². The molecule has 2 aromatic rings. The monoisotopic (exact) mass is 348 g/mol. The van der Waals surface area contributed by atoms with Crippen molar-refractivity contribution in [3.63, 3.8) is 0 Å². The SMILES string of the molecule is Cc1ccc(O[C@H](C)CNC(=O)c2c(Cl)cccc2[N+](=O)[O-])cc1.